The van der Waals surface area contributed by atoms with Crippen molar-refractivity contribution >= 4 is 0 Å². The number of hydrogen-bond donors (Lipinski definition) is 2. The number of nitrogens with two attached hydrogens (primary N) is 1. The summed E-state index contributed by atoms with van der Waals surface area (Å²) in [6, 6.07) is 6.85. The van der Waals surface area contributed by atoms with Crippen molar-refractivity contribution < 1.29 is 4.74 Å². The zero-order chi connectivity index (χ0) is 11.5. The molecule has 0 spiro atoms. The van der Waals surface area contributed by atoms with Crippen LogP contribution in [0.25, 0.3) is 0 Å². The number of aryl methyl sites for hydroxylation is 1. The lowest BCUT2D eigenvalue weighted by Crippen LogP contribution is -2.28. The van der Waals surface area contributed by atoms with E-state index in [-0.39, 0.29) is 6.04 Å². The van der Waals surface area contributed by atoms with Gasteiger partial charge in [-0.25, -0.2) is 0 Å². The molecule has 88 valence electrons. The topological polar surface area (TPSA) is 47.3 Å². The molecule has 1 atom stereocenters. The second-order valence-electron chi connectivity index (χ2n) is 4.53. The average Bonchev–Trinajstić information content (AvgIpc) is 3.09. The second kappa shape index (κ2) is 4.85. The molecule has 0 heterocycles. The molecule has 2 rings (SSSR count). The van der Waals surface area contributed by atoms with Crippen LogP contribution in [0, 0.1) is 6.92 Å². The van der Waals surface area contributed by atoms with Crippen LogP contribution < -0.4 is 15.8 Å². The van der Waals surface area contributed by atoms with Crippen molar-refractivity contribution in [2.24, 2.45) is 5.73 Å². The van der Waals surface area contributed by atoms with Crippen LogP contribution in [0.3, 0.4) is 0 Å². The summed E-state index contributed by atoms with van der Waals surface area (Å²) in [6.07, 6.45) is 2.58. The van der Waals surface area contributed by atoms with Crippen molar-refractivity contribution in [3.05, 3.63) is 29.3 Å². The Labute approximate surface area is 97.0 Å². The first-order valence-electron chi connectivity index (χ1n) is 5.84. The minimum Gasteiger partial charge on any atom is -0.496 e. The van der Waals surface area contributed by atoms with E-state index < -0.39 is 0 Å². The predicted octanol–water partition coefficient (Wildman–Crippen LogP) is 1.76. The first-order chi connectivity index (χ1) is 7.70. The van der Waals surface area contributed by atoms with Crippen molar-refractivity contribution in [3.8, 4) is 5.75 Å². The molecule has 1 saturated carbocycles. The highest BCUT2D eigenvalue weighted by Gasteiger charge is 2.22. The van der Waals surface area contributed by atoms with Crippen LogP contribution in [-0.2, 0) is 0 Å². The quantitative estimate of drug-likeness (QED) is 0.795. The van der Waals surface area contributed by atoms with Gasteiger partial charge >= 0.3 is 0 Å². The molecule has 0 saturated heterocycles. The van der Waals surface area contributed by atoms with E-state index in [1.54, 1.807) is 7.11 Å². The maximum atomic E-state index is 6.17. The summed E-state index contributed by atoms with van der Waals surface area (Å²) in [7, 11) is 1.69. The number of benzene rings is 1. The molecule has 3 nitrogen and oxygen atoms in total. The van der Waals surface area contributed by atoms with Gasteiger partial charge in [-0.15, -0.1) is 0 Å². The van der Waals surface area contributed by atoms with E-state index in [4.69, 9.17) is 10.5 Å². The zero-order valence-corrected chi connectivity index (χ0v) is 9.99. The van der Waals surface area contributed by atoms with Gasteiger partial charge in [0.1, 0.15) is 5.75 Å². The van der Waals surface area contributed by atoms with E-state index in [9.17, 15) is 0 Å². The van der Waals surface area contributed by atoms with E-state index in [2.05, 4.69) is 18.3 Å². The van der Waals surface area contributed by atoms with Crippen LogP contribution in [-0.4, -0.2) is 19.7 Å². The summed E-state index contributed by atoms with van der Waals surface area (Å²) < 4.78 is 5.34. The molecule has 1 aliphatic rings. The third-order valence-corrected chi connectivity index (χ3v) is 2.99. The van der Waals surface area contributed by atoms with Crippen molar-refractivity contribution in [2.75, 3.05) is 13.7 Å². The minimum atomic E-state index is 0.00968. The van der Waals surface area contributed by atoms with Gasteiger partial charge in [-0.1, -0.05) is 17.7 Å². The van der Waals surface area contributed by atoms with Gasteiger partial charge in [-0.05, 0) is 25.8 Å². The fourth-order valence-electron chi connectivity index (χ4n) is 1.83. The Balaban J connectivity index is 2.06. The first-order valence-corrected chi connectivity index (χ1v) is 5.84. The number of hydrogen-bond acceptors (Lipinski definition) is 3. The molecule has 1 fully saturated rings. The number of nitrogens with one attached hydrogen (secondary N) is 1. The molecule has 0 aromatic heterocycles. The summed E-state index contributed by atoms with van der Waals surface area (Å²) in [4.78, 5) is 0. The van der Waals surface area contributed by atoms with Gasteiger partial charge in [0.05, 0.1) is 7.11 Å². The zero-order valence-electron chi connectivity index (χ0n) is 9.99. The average molecular weight is 220 g/mol. The van der Waals surface area contributed by atoms with Crippen LogP contribution in [0.1, 0.15) is 30.0 Å². The summed E-state index contributed by atoms with van der Waals surface area (Å²) in [5, 5.41) is 3.45. The van der Waals surface area contributed by atoms with E-state index in [1.807, 2.05) is 12.1 Å². The van der Waals surface area contributed by atoms with Gasteiger partial charge in [0.25, 0.3) is 0 Å². The van der Waals surface area contributed by atoms with Crippen LogP contribution in [0.5, 0.6) is 5.75 Å². The van der Waals surface area contributed by atoms with Crippen molar-refractivity contribution in [2.45, 2.75) is 31.8 Å². The molecule has 1 aromatic carbocycles. The highest BCUT2D eigenvalue weighted by molar-refractivity contribution is 5.39. The Morgan fingerprint density at radius 2 is 2.25 bits per heavy atom. The summed E-state index contributed by atoms with van der Waals surface area (Å²) in [5.41, 5.74) is 8.49. The Kier molecular flexibility index (Phi) is 3.46. The molecule has 0 aliphatic heterocycles. The Morgan fingerprint density at radius 1 is 1.50 bits per heavy atom. The van der Waals surface area contributed by atoms with Crippen molar-refractivity contribution in [1.82, 2.24) is 5.32 Å². The number of methoxy groups -OCH3 is 1. The third kappa shape index (κ3) is 2.74. The van der Waals surface area contributed by atoms with Gasteiger partial charge in [-0.2, -0.15) is 0 Å². The lowest BCUT2D eigenvalue weighted by atomic mass is 10.0. The highest BCUT2D eigenvalue weighted by Crippen LogP contribution is 2.25. The van der Waals surface area contributed by atoms with Gasteiger partial charge in [-0.3, -0.25) is 0 Å². The smallest absolute Gasteiger partial charge is 0.123 e. The van der Waals surface area contributed by atoms with Crippen molar-refractivity contribution in [3.63, 3.8) is 0 Å². The molecule has 1 aromatic rings. The molecule has 1 aliphatic carbocycles. The van der Waals surface area contributed by atoms with E-state index in [0.29, 0.717) is 6.04 Å². The second-order valence-corrected chi connectivity index (χ2v) is 4.53. The normalized spacial score (nSPS) is 17.2. The van der Waals surface area contributed by atoms with Crippen molar-refractivity contribution in [1.29, 1.82) is 0 Å². The van der Waals surface area contributed by atoms with Gasteiger partial charge < -0.3 is 15.8 Å². The van der Waals surface area contributed by atoms with Crippen LogP contribution >= 0.6 is 0 Å². The van der Waals surface area contributed by atoms with E-state index >= 15 is 0 Å². The van der Waals surface area contributed by atoms with Crippen LogP contribution in [0.15, 0.2) is 18.2 Å². The van der Waals surface area contributed by atoms with E-state index in [1.165, 1.54) is 18.4 Å². The predicted molar refractivity (Wildman–Crippen MR) is 65.7 cm³/mol. The lowest BCUT2D eigenvalue weighted by molar-refractivity contribution is 0.404. The van der Waals surface area contributed by atoms with Gasteiger partial charge in [0.15, 0.2) is 0 Å². The van der Waals surface area contributed by atoms with Gasteiger partial charge in [0, 0.05) is 24.2 Å². The molecular weight excluding hydrogens is 200 g/mol. The molecule has 16 heavy (non-hydrogen) atoms. The minimum absolute atomic E-state index is 0.00968. The molecule has 1 unspecified atom stereocenters. The number of ether oxygens (including phenoxy) is 1. The summed E-state index contributed by atoms with van der Waals surface area (Å²) in [6.45, 7) is 2.90. The number of rotatable bonds is 5. The molecule has 3 N–H and O–H groups in total. The maximum Gasteiger partial charge on any atom is 0.123 e. The molecule has 3 heteroatoms. The van der Waals surface area contributed by atoms with Crippen LogP contribution in [0.2, 0.25) is 0 Å². The third-order valence-electron chi connectivity index (χ3n) is 2.99. The summed E-state index contributed by atoms with van der Waals surface area (Å²) >= 11 is 0. The highest BCUT2D eigenvalue weighted by atomic mass is 16.5. The fraction of sp³-hybridized carbons (Fsp3) is 0.538. The molecular formula is C13H20N2O. The molecule has 0 radical (unpaired) electrons. The Morgan fingerprint density at radius 3 is 2.88 bits per heavy atom. The Bertz CT molecular complexity index is 361. The largest absolute Gasteiger partial charge is 0.496 e. The monoisotopic (exact) mass is 220 g/mol. The molecule has 0 bridgehead atoms. The van der Waals surface area contributed by atoms with E-state index in [0.717, 1.165) is 17.9 Å². The summed E-state index contributed by atoms with van der Waals surface area (Å²) in [5.74, 6) is 0.885. The SMILES string of the molecule is COc1ccc(C)cc1C(N)CNC1CC1. The maximum absolute atomic E-state index is 6.17. The standard InChI is InChI=1S/C13H20N2O/c1-9-3-6-13(16-2)11(7-9)12(14)8-15-10-4-5-10/h3,6-7,10,12,15H,4-5,8,14H2,1-2H3. The Hall–Kier alpha value is -1.06. The fourth-order valence-corrected chi connectivity index (χ4v) is 1.83. The first kappa shape index (κ1) is 11.4. The van der Waals surface area contributed by atoms with Gasteiger partial charge in [0.2, 0.25) is 0 Å². The van der Waals surface area contributed by atoms with Crippen LogP contribution in [0.4, 0.5) is 0 Å². The molecule has 0 amide bonds. The lowest BCUT2D eigenvalue weighted by Gasteiger charge is -2.17.